The van der Waals surface area contributed by atoms with Crippen LogP contribution in [0.5, 0.6) is 5.75 Å². The molecule has 0 atom stereocenters. The lowest BCUT2D eigenvalue weighted by Crippen LogP contribution is -2.49. The molecule has 6 heteroatoms. The number of hydrogen-bond acceptors (Lipinski definition) is 5. The van der Waals surface area contributed by atoms with Crippen LogP contribution in [0, 0.1) is 0 Å². The van der Waals surface area contributed by atoms with E-state index in [0.717, 1.165) is 82.2 Å². The Labute approximate surface area is 190 Å². The first-order valence-corrected chi connectivity index (χ1v) is 12.0. The maximum absolute atomic E-state index is 13.3. The zero-order valence-electron chi connectivity index (χ0n) is 18.8. The van der Waals surface area contributed by atoms with Crippen molar-refractivity contribution in [1.29, 1.82) is 0 Å². The van der Waals surface area contributed by atoms with E-state index < -0.39 is 0 Å². The van der Waals surface area contributed by atoms with Crippen molar-refractivity contribution in [3.8, 4) is 5.75 Å². The quantitative estimate of drug-likeness (QED) is 0.662. The van der Waals surface area contributed by atoms with E-state index in [0.29, 0.717) is 13.1 Å². The molecule has 0 N–H and O–H groups in total. The average molecular weight is 436 g/mol. The van der Waals surface area contributed by atoms with Gasteiger partial charge < -0.3 is 14.1 Å². The maximum atomic E-state index is 13.3. The highest BCUT2D eigenvalue weighted by molar-refractivity contribution is 5.80. The summed E-state index contributed by atoms with van der Waals surface area (Å²) in [5.74, 6) is 2.07. The first-order chi connectivity index (χ1) is 15.7. The molecular weight excluding hydrogens is 402 g/mol. The molecule has 170 valence electrons. The van der Waals surface area contributed by atoms with Crippen molar-refractivity contribution in [1.82, 2.24) is 14.7 Å². The molecule has 1 amide bonds. The highest BCUT2D eigenvalue weighted by Crippen LogP contribution is 2.27. The van der Waals surface area contributed by atoms with Crippen LogP contribution in [0.2, 0.25) is 0 Å². The van der Waals surface area contributed by atoms with Gasteiger partial charge in [-0.3, -0.25) is 14.6 Å². The third-order valence-electron chi connectivity index (χ3n) is 6.79. The zero-order chi connectivity index (χ0) is 21.8. The molecule has 0 saturated carbocycles. The number of piperazine rings is 1. The number of amides is 1. The molecule has 0 unspecified atom stereocenters. The minimum atomic E-state index is 0.182. The Balaban J connectivity index is 1.15. The first-order valence-electron chi connectivity index (χ1n) is 12.0. The molecule has 3 aliphatic rings. The Kier molecular flexibility index (Phi) is 6.60. The molecule has 2 aliphatic heterocycles. The molecule has 3 heterocycles. The first kappa shape index (κ1) is 21.3. The number of furan rings is 1. The number of hydrogen-bond donors (Lipinski definition) is 0. The molecule has 1 aromatic heterocycles. The van der Waals surface area contributed by atoms with Crippen molar-refractivity contribution in [3.05, 3.63) is 65.3 Å². The van der Waals surface area contributed by atoms with Gasteiger partial charge >= 0.3 is 0 Å². The Bertz CT molecular complexity index is 945. The number of benzene rings is 1. The molecule has 1 aliphatic carbocycles. The molecule has 1 saturated heterocycles. The van der Waals surface area contributed by atoms with Gasteiger partial charge in [0.25, 0.3) is 0 Å². The summed E-state index contributed by atoms with van der Waals surface area (Å²) in [6, 6.07) is 10.4. The number of carbonyl (C=O) groups is 1. The van der Waals surface area contributed by atoms with E-state index in [1.165, 1.54) is 17.5 Å². The highest BCUT2D eigenvalue weighted by atomic mass is 16.5. The van der Waals surface area contributed by atoms with E-state index in [9.17, 15) is 4.79 Å². The molecule has 1 aromatic carbocycles. The molecule has 5 rings (SSSR count). The van der Waals surface area contributed by atoms with Crippen molar-refractivity contribution >= 4 is 5.91 Å². The third-order valence-corrected chi connectivity index (χ3v) is 6.79. The van der Waals surface area contributed by atoms with Crippen LogP contribution in [0.25, 0.3) is 0 Å². The van der Waals surface area contributed by atoms with Crippen molar-refractivity contribution in [2.24, 2.45) is 0 Å². The largest absolute Gasteiger partial charge is 0.493 e. The fourth-order valence-corrected chi connectivity index (χ4v) is 4.95. The predicted molar refractivity (Wildman–Crippen MR) is 123 cm³/mol. The van der Waals surface area contributed by atoms with Gasteiger partial charge in [0.15, 0.2) is 0 Å². The van der Waals surface area contributed by atoms with Gasteiger partial charge in [0, 0.05) is 44.8 Å². The van der Waals surface area contributed by atoms with E-state index in [4.69, 9.17) is 9.15 Å². The van der Waals surface area contributed by atoms with Gasteiger partial charge in [0.2, 0.25) is 5.91 Å². The van der Waals surface area contributed by atoms with E-state index in [2.05, 4.69) is 34.1 Å². The summed E-state index contributed by atoms with van der Waals surface area (Å²) in [6.07, 6.45) is 9.35. The molecule has 1 fully saturated rings. The van der Waals surface area contributed by atoms with Crippen LogP contribution < -0.4 is 4.74 Å². The van der Waals surface area contributed by atoms with Crippen LogP contribution in [0.4, 0.5) is 0 Å². The highest BCUT2D eigenvalue weighted by Gasteiger charge is 2.25. The maximum Gasteiger partial charge on any atom is 0.241 e. The summed E-state index contributed by atoms with van der Waals surface area (Å²) in [5.41, 5.74) is 3.85. The van der Waals surface area contributed by atoms with Crippen LogP contribution in [-0.2, 0) is 24.3 Å². The van der Waals surface area contributed by atoms with Crippen LogP contribution in [0.3, 0.4) is 0 Å². The van der Waals surface area contributed by atoms with Crippen LogP contribution in [0.15, 0.2) is 52.8 Å². The number of rotatable bonds is 7. The summed E-state index contributed by atoms with van der Waals surface area (Å²) < 4.78 is 11.2. The third kappa shape index (κ3) is 5.08. The lowest BCUT2D eigenvalue weighted by Gasteiger charge is -2.36. The van der Waals surface area contributed by atoms with Gasteiger partial charge in [0.1, 0.15) is 11.5 Å². The molecule has 0 spiro atoms. The Morgan fingerprint density at radius 3 is 2.69 bits per heavy atom. The minimum Gasteiger partial charge on any atom is -0.493 e. The van der Waals surface area contributed by atoms with Crippen molar-refractivity contribution in [2.75, 3.05) is 39.3 Å². The fourth-order valence-electron chi connectivity index (χ4n) is 4.95. The SMILES string of the molecule is O=C(CN1CCN(Cc2ccc3c(c2)CCO3)CC1)N(Cc1ccco1)C1=CCCCC1. The standard InChI is InChI=1S/C26H33N3O3/c30-26(29(19-24-7-4-15-31-24)23-5-2-1-3-6-23)20-28-13-11-27(12-14-28)18-21-8-9-25-22(17-21)10-16-32-25/h4-5,7-9,15,17H,1-3,6,10-14,16,18-20H2. The number of fused-ring (bicyclic) bond motifs is 1. The van der Waals surface area contributed by atoms with E-state index in [1.54, 1.807) is 6.26 Å². The van der Waals surface area contributed by atoms with Crippen LogP contribution in [-0.4, -0.2) is 59.9 Å². The van der Waals surface area contributed by atoms with E-state index >= 15 is 0 Å². The fraction of sp³-hybridized carbons (Fsp3) is 0.500. The van der Waals surface area contributed by atoms with Crippen molar-refractivity contribution in [2.45, 2.75) is 45.2 Å². The van der Waals surface area contributed by atoms with Gasteiger partial charge in [-0.1, -0.05) is 18.2 Å². The molecule has 0 radical (unpaired) electrons. The van der Waals surface area contributed by atoms with Crippen molar-refractivity contribution < 1.29 is 13.9 Å². The van der Waals surface area contributed by atoms with Crippen molar-refractivity contribution in [3.63, 3.8) is 0 Å². The monoisotopic (exact) mass is 435 g/mol. The Morgan fingerprint density at radius 1 is 1.03 bits per heavy atom. The average Bonchev–Trinajstić information content (AvgIpc) is 3.51. The van der Waals surface area contributed by atoms with Crippen LogP contribution >= 0.6 is 0 Å². The summed E-state index contributed by atoms with van der Waals surface area (Å²) >= 11 is 0. The smallest absolute Gasteiger partial charge is 0.241 e. The number of nitrogens with zero attached hydrogens (tertiary/aromatic N) is 3. The molecular formula is C26H33N3O3. The second-order valence-electron chi connectivity index (χ2n) is 9.09. The number of allylic oxidation sites excluding steroid dienone is 2. The van der Waals surface area contributed by atoms with Crippen LogP contribution in [0.1, 0.15) is 42.6 Å². The molecule has 6 nitrogen and oxygen atoms in total. The topological polar surface area (TPSA) is 49.2 Å². The minimum absolute atomic E-state index is 0.182. The number of ether oxygens (including phenoxy) is 1. The summed E-state index contributed by atoms with van der Waals surface area (Å²) in [7, 11) is 0. The summed E-state index contributed by atoms with van der Waals surface area (Å²) in [5, 5.41) is 0. The second kappa shape index (κ2) is 9.92. The van der Waals surface area contributed by atoms with Gasteiger partial charge in [-0.05, 0) is 55.0 Å². The Hall–Kier alpha value is -2.57. The summed E-state index contributed by atoms with van der Waals surface area (Å²) in [6.45, 7) is 6.60. The van der Waals surface area contributed by atoms with Gasteiger partial charge in [-0.15, -0.1) is 0 Å². The van der Waals surface area contributed by atoms with Gasteiger partial charge in [-0.2, -0.15) is 0 Å². The molecule has 2 aromatic rings. The van der Waals surface area contributed by atoms with Gasteiger partial charge in [-0.25, -0.2) is 0 Å². The lowest BCUT2D eigenvalue weighted by molar-refractivity contribution is -0.132. The number of carbonyl (C=O) groups excluding carboxylic acids is 1. The van der Waals surface area contributed by atoms with Gasteiger partial charge in [0.05, 0.1) is 26.0 Å². The molecule has 32 heavy (non-hydrogen) atoms. The Morgan fingerprint density at radius 2 is 1.91 bits per heavy atom. The molecule has 0 bridgehead atoms. The second-order valence-corrected chi connectivity index (χ2v) is 9.09. The normalized spacial score (nSPS) is 19.3. The van der Waals surface area contributed by atoms with E-state index in [1.807, 2.05) is 17.0 Å². The lowest BCUT2D eigenvalue weighted by atomic mass is 10.0. The van der Waals surface area contributed by atoms with E-state index in [-0.39, 0.29) is 5.91 Å². The zero-order valence-corrected chi connectivity index (χ0v) is 18.8. The predicted octanol–water partition coefficient (Wildman–Crippen LogP) is 3.82. The summed E-state index contributed by atoms with van der Waals surface area (Å²) in [4.78, 5) is 20.0.